The van der Waals surface area contributed by atoms with Crippen LogP contribution in [0.15, 0.2) is 108 Å². The zero-order valence-electron chi connectivity index (χ0n) is 24.9. The van der Waals surface area contributed by atoms with Crippen molar-refractivity contribution in [2.45, 2.75) is 44.7 Å². The van der Waals surface area contributed by atoms with Gasteiger partial charge in [-0.05, 0) is 80.4 Å². The maximum atomic E-state index is 14.1. The lowest BCUT2D eigenvalue weighted by molar-refractivity contribution is -0.139. The van der Waals surface area contributed by atoms with E-state index in [9.17, 15) is 18.0 Å². The summed E-state index contributed by atoms with van der Waals surface area (Å²) in [4.78, 5) is 28.5. The lowest BCUT2D eigenvalue weighted by Crippen LogP contribution is -2.51. The fraction of sp³-hybridized carbons (Fsp3) is 0.235. The number of para-hydroxylation sites is 1. The van der Waals surface area contributed by atoms with Crippen molar-refractivity contribution in [1.82, 2.24) is 10.2 Å². The van der Waals surface area contributed by atoms with E-state index in [1.807, 2.05) is 44.2 Å². The predicted molar refractivity (Wildman–Crippen MR) is 173 cm³/mol. The van der Waals surface area contributed by atoms with Gasteiger partial charge in [0.15, 0.2) is 0 Å². The molecular weight excluding hydrogens is 598 g/mol. The molecule has 2 amide bonds. The van der Waals surface area contributed by atoms with Gasteiger partial charge in [0.1, 0.15) is 24.1 Å². The number of aryl methyl sites for hydroxylation is 1. The van der Waals surface area contributed by atoms with Gasteiger partial charge in [-0.15, -0.1) is 0 Å². The molecular formula is C34H36ClN3O5S. The monoisotopic (exact) mass is 633 g/mol. The highest BCUT2D eigenvalue weighted by molar-refractivity contribution is 7.92. The smallest absolute Gasteiger partial charge is 0.264 e. The summed E-state index contributed by atoms with van der Waals surface area (Å²) >= 11 is 6.42. The first-order valence-corrected chi connectivity index (χ1v) is 16.1. The van der Waals surface area contributed by atoms with E-state index in [1.165, 1.54) is 17.0 Å². The fourth-order valence-corrected chi connectivity index (χ4v) is 6.07. The van der Waals surface area contributed by atoms with E-state index in [2.05, 4.69) is 5.32 Å². The quantitative estimate of drug-likeness (QED) is 0.179. The molecule has 0 saturated heterocycles. The number of carbonyl (C=O) groups is 2. The Morgan fingerprint density at radius 1 is 0.864 bits per heavy atom. The molecule has 0 radical (unpaired) electrons. The summed E-state index contributed by atoms with van der Waals surface area (Å²) in [5.74, 6) is 0.220. The van der Waals surface area contributed by atoms with Gasteiger partial charge in [0.05, 0.1) is 10.6 Å². The number of anilines is 1. The van der Waals surface area contributed by atoms with Gasteiger partial charge in [0.2, 0.25) is 11.8 Å². The highest BCUT2D eigenvalue weighted by Crippen LogP contribution is 2.29. The van der Waals surface area contributed by atoms with Crippen molar-refractivity contribution in [3.8, 4) is 11.5 Å². The minimum atomic E-state index is -4.19. The fourth-order valence-electron chi connectivity index (χ4n) is 4.46. The number of halogens is 1. The van der Waals surface area contributed by atoms with Crippen LogP contribution in [-0.4, -0.2) is 44.3 Å². The topological polar surface area (TPSA) is 96.0 Å². The van der Waals surface area contributed by atoms with Gasteiger partial charge >= 0.3 is 0 Å². The van der Waals surface area contributed by atoms with Crippen molar-refractivity contribution in [3.05, 3.63) is 119 Å². The average Bonchev–Trinajstić information content (AvgIpc) is 3.02. The number of carbonyl (C=O) groups excluding carboxylic acids is 2. The maximum absolute atomic E-state index is 14.1. The molecule has 1 N–H and O–H groups in total. The largest absolute Gasteiger partial charge is 0.457 e. The molecule has 10 heteroatoms. The average molecular weight is 634 g/mol. The third-order valence-electron chi connectivity index (χ3n) is 7.01. The number of amides is 2. The minimum Gasteiger partial charge on any atom is -0.457 e. The second kappa shape index (κ2) is 14.9. The van der Waals surface area contributed by atoms with Gasteiger partial charge in [0, 0.05) is 18.1 Å². The Morgan fingerprint density at radius 2 is 1.48 bits per heavy atom. The Kier molecular flexibility index (Phi) is 11.0. The van der Waals surface area contributed by atoms with E-state index in [-0.39, 0.29) is 23.0 Å². The Bertz CT molecular complexity index is 1660. The van der Waals surface area contributed by atoms with Gasteiger partial charge in [0.25, 0.3) is 10.0 Å². The standard InChI is InChI=1S/C34H36ClN3O5S/c1-4-22-36-34(40)26(3)37(23-27-10-8-9-13-32(27)35)33(39)24-38(44(41,42)31-20-14-25(2)15-21-31)28-16-18-30(19-17-28)43-29-11-6-5-7-12-29/h5-21,26H,4,22-24H2,1-3H3,(H,36,40)/t26-/m1/s1. The van der Waals surface area contributed by atoms with Crippen LogP contribution in [0.3, 0.4) is 0 Å². The third-order valence-corrected chi connectivity index (χ3v) is 9.16. The minimum absolute atomic E-state index is 0.0154. The van der Waals surface area contributed by atoms with E-state index in [0.29, 0.717) is 28.6 Å². The molecule has 1 atom stereocenters. The Morgan fingerprint density at radius 3 is 2.11 bits per heavy atom. The lowest BCUT2D eigenvalue weighted by Gasteiger charge is -2.32. The highest BCUT2D eigenvalue weighted by Gasteiger charge is 2.32. The molecule has 0 aliphatic rings. The zero-order valence-corrected chi connectivity index (χ0v) is 26.5. The van der Waals surface area contributed by atoms with Crippen LogP contribution in [-0.2, 0) is 26.2 Å². The van der Waals surface area contributed by atoms with Crippen LogP contribution in [0.2, 0.25) is 5.02 Å². The van der Waals surface area contributed by atoms with E-state index < -0.39 is 28.5 Å². The van der Waals surface area contributed by atoms with Crippen molar-refractivity contribution in [3.63, 3.8) is 0 Å². The normalized spacial score (nSPS) is 11.8. The van der Waals surface area contributed by atoms with Crippen LogP contribution in [0.1, 0.15) is 31.4 Å². The number of benzene rings is 4. The molecule has 0 spiro atoms. The van der Waals surface area contributed by atoms with E-state index in [4.69, 9.17) is 16.3 Å². The molecule has 0 aliphatic carbocycles. The van der Waals surface area contributed by atoms with Gasteiger partial charge in [-0.2, -0.15) is 0 Å². The molecule has 0 saturated carbocycles. The summed E-state index contributed by atoms with van der Waals surface area (Å²) < 4.78 is 35.1. The van der Waals surface area contributed by atoms with E-state index in [0.717, 1.165) is 16.3 Å². The molecule has 0 heterocycles. The van der Waals surface area contributed by atoms with Crippen LogP contribution in [0.4, 0.5) is 5.69 Å². The summed E-state index contributed by atoms with van der Waals surface area (Å²) in [6.45, 7) is 5.33. The molecule has 4 aromatic rings. The number of hydrogen-bond acceptors (Lipinski definition) is 5. The highest BCUT2D eigenvalue weighted by atomic mass is 35.5. The number of rotatable bonds is 13. The molecule has 8 nitrogen and oxygen atoms in total. The summed E-state index contributed by atoms with van der Waals surface area (Å²) in [5.41, 5.74) is 1.79. The second-order valence-corrected chi connectivity index (χ2v) is 12.6. The number of ether oxygens (including phenoxy) is 1. The third kappa shape index (κ3) is 8.18. The lowest BCUT2D eigenvalue weighted by atomic mass is 10.1. The Labute approximate surface area is 264 Å². The SMILES string of the molecule is CCCNC(=O)[C@@H](C)N(Cc1ccccc1Cl)C(=O)CN(c1ccc(Oc2ccccc2)cc1)S(=O)(=O)c1ccc(C)cc1. The molecule has 4 rings (SSSR count). The Balaban J connectivity index is 1.70. The molecule has 44 heavy (non-hydrogen) atoms. The molecule has 0 unspecified atom stereocenters. The zero-order chi connectivity index (χ0) is 31.7. The van der Waals surface area contributed by atoms with Crippen LogP contribution in [0.5, 0.6) is 11.5 Å². The van der Waals surface area contributed by atoms with Gasteiger partial charge in [-0.25, -0.2) is 8.42 Å². The van der Waals surface area contributed by atoms with Crippen LogP contribution < -0.4 is 14.4 Å². The summed E-state index contributed by atoms with van der Waals surface area (Å²) in [5, 5.41) is 3.26. The summed E-state index contributed by atoms with van der Waals surface area (Å²) in [7, 11) is -4.19. The van der Waals surface area contributed by atoms with E-state index in [1.54, 1.807) is 67.6 Å². The maximum Gasteiger partial charge on any atom is 0.264 e. The van der Waals surface area contributed by atoms with Crippen molar-refractivity contribution in [1.29, 1.82) is 0 Å². The first kappa shape index (κ1) is 32.6. The first-order chi connectivity index (χ1) is 21.1. The van der Waals surface area contributed by atoms with Gasteiger partial charge < -0.3 is 15.0 Å². The van der Waals surface area contributed by atoms with Crippen molar-refractivity contribution in [2.24, 2.45) is 0 Å². The predicted octanol–water partition coefficient (Wildman–Crippen LogP) is 6.58. The molecule has 0 aliphatic heterocycles. The summed E-state index contributed by atoms with van der Waals surface area (Å²) in [6, 6.07) is 28.2. The molecule has 0 fully saturated rings. The molecule has 0 bridgehead atoms. The first-order valence-electron chi connectivity index (χ1n) is 14.3. The van der Waals surface area contributed by atoms with Crippen LogP contribution >= 0.6 is 11.6 Å². The number of sulfonamides is 1. The van der Waals surface area contributed by atoms with Crippen molar-refractivity contribution in [2.75, 3.05) is 17.4 Å². The van der Waals surface area contributed by atoms with E-state index >= 15 is 0 Å². The summed E-state index contributed by atoms with van der Waals surface area (Å²) in [6.07, 6.45) is 0.726. The van der Waals surface area contributed by atoms with Crippen molar-refractivity contribution < 1.29 is 22.7 Å². The molecule has 4 aromatic carbocycles. The second-order valence-electron chi connectivity index (χ2n) is 10.3. The van der Waals surface area contributed by atoms with Gasteiger partial charge in [-0.3, -0.25) is 13.9 Å². The van der Waals surface area contributed by atoms with Crippen molar-refractivity contribution >= 4 is 39.1 Å². The Hall–Kier alpha value is -4.34. The molecule has 230 valence electrons. The molecule has 0 aromatic heterocycles. The van der Waals surface area contributed by atoms with Crippen LogP contribution in [0.25, 0.3) is 0 Å². The van der Waals surface area contributed by atoms with Crippen LogP contribution in [0, 0.1) is 6.92 Å². The number of nitrogens with one attached hydrogen (secondary N) is 1. The number of nitrogens with zero attached hydrogens (tertiary/aromatic N) is 2. The number of hydrogen-bond donors (Lipinski definition) is 1. The van der Waals surface area contributed by atoms with Gasteiger partial charge in [-0.1, -0.05) is 72.6 Å².